The van der Waals surface area contributed by atoms with E-state index in [9.17, 15) is 4.39 Å². The lowest BCUT2D eigenvalue weighted by Gasteiger charge is -2.40. The third kappa shape index (κ3) is 1.57. The summed E-state index contributed by atoms with van der Waals surface area (Å²) < 4.78 is 12.7. The molecule has 1 aliphatic heterocycles. The summed E-state index contributed by atoms with van der Waals surface area (Å²) in [6, 6.07) is 3.78. The number of nitrogens with zero attached hydrogens (tertiary/aromatic N) is 1. The summed E-state index contributed by atoms with van der Waals surface area (Å²) in [4.78, 5) is 3.69. The van der Waals surface area contributed by atoms with Gasteiger partial charge in [-0.2, -0.15) is 4.39 Å². The SMILES string of the molecule is Fc1ccc(C2=C[C@H]3NC[C@H]3CC2)cn1. The molecule has 0 spiro atoms. The number of nitrogens with one attached hydrogen (secondary N) is 1. The van der Waals surface area contributed by atoms with Crippen LogP contribution < -0.4 is 5.32 Å². The number of halogens is 1. The Kier molecular flexibility index (Phi) is 2.06. The van der Waals surface area contributed by atoms with E-state index in [1.165, 1.54) is 18.1 Å². The molecule has 2 nitrogen and oxygen atoms in total. The lowest BCUT2D eigenvalue weighted by atomic mass is 9.79. The van der Waals surface area contributed by atoms with Gasteiger partial charge in [-0.15, -0.1) is 0 Å². The van der Waals surface area contributed by atoms with E-state index in [-0.39, 0.29) is 0 Å². The van der Waals surface area contributed by atoms with Gasteiger partial charge in [0.2, 0.25) is 5.95 Å². The van der Waals surface area contributed by atoms with Crippen molar-refractivity contribution in [1.82, 2.24) is 10.3 Å². The Balaban J connectivity index is 1.87. The Bertz CT molecular complexity index is 397. The first-order chi connectivity index (χ1) is 7.33. The standard InChI is InChI=1S/C12H13FN2/c13-12-4-3-9(6-15-12)8-1-2-10-7-14-11(10)5-8/h3-6,10-11,14H,1-2,7H2/t10-,11-/m1/s1. The molecule has 2 heterocycles. The van der Waals surface area contributed by atoms with Crippen LogP contribution >= 0.6 is 0 Å². The van der Waals surface area contributed by atoms with Crippen molar-refractivity contribution in [1.29, 1.82) is 0 Å². The first kappa shape index (κ1) is 9.04. The first-order valence-corrected chi connectivity index (χ1v) is 5.39. The molecule has 78 valence electrons. The van der Waals surface area contributed by atoms with Gasteiger partial charge in [0.05, 0.1) is 0 Å². The zero-order valence-electron chi connectivity index (χ0n) is 8.41. The van der Waals surface area contributed by atoms with Crippen molar-refractivity contribution in [2.45, 2.75) is 18.9 Å². The maximum Gasteiger partial charge on any atom is 0.212 e. The van der Waals surface area contributed by atoms with Crippen molar-refractivity contribution in [3.05, 3.63) is 35.9 Å². The van der Waals surface area contributed by atoms with Crippen molar-refractivity contribution in [3.63, 3.8) is 0 Å². The maximum absolute atomic E-state index is 12.7. The normalized spacial score (nSPS) is 29.0. The minimum atomic E-state index is -0.408. The number of rotatable bonds is 1. The zero-order valence-corrected chi connectivity index (χ0v) is 8.41. The maximum atomic E-state index is 12.7. The fourth-order valence-corrected chi connectivity index (χ4v) is 2.34. The molecule has 3 heteroatoms. The molecule has 1 aromatic rings. The Hall–Kier alpha value is -1.22. The van der Waals surface area contributed by atoms with Crippen LogP contribution in [0.1, 0.15) is 18.4 Å². The first-order valence-electron chi connectivity index (χ1n) is 5.39. The second kappa shape index (κ2) is 3.42. The quantitative estimate of drug-likeness (QED) is 0.707. The van der Waals surface area contributed by atoms with Crippen LogP contribution in [0, 0.1) is 11.9 Å². The molecule has 1 N–H and O–H groups in total. The third-order valence-electron chi connectivity index (χ3n) is 3.39. The van der Waals surface area contributed by atoms with Crippen molar-refractivity contribution < 1.29 is 4.39 Å². The molecule has 2 atom stereocenters. The van der Waals surface area contributed by atoms with Crippen LogP contribution in [0.2, 0.25) is 0 Å². The lowest BCUT2D eigenvalue weighted by molar-refractivity contribution is 0.256. The summed E-state index contributed by atoms with van der Waals surface area (Å²) in [7, 11) is 0. The monoisotopic (exact) mass is 204 g/mol. The molecule has 0 unspecified atom stereocenters. The molecule has 3 rings (SSSR count). The van der Waals surface area contributed by atoms with Crippen LogP contribution in [-0.4, -0.2) is 17.6 Å². The Labute approximate surface area is 88.2 Å². The topological polar surface area (TPSA) is 24.9 Å². The minimum Gasteiger partial charge on any atom is -0.310 e. The van der Waals surface area contributed by atoms with Gasteiger partial charge in [-0.05, 0) is 42.0 Å². The summed E-state index contributed by atoms with van der Waals surface area (Å²) >= 11 is 0. The third-order valence-corrected chi connectivity index (χ3v) is 3.39. The molecule has 1 aliphatic carbocycles. The summed E-state index contributed by atoms with van der Waals surface area (Å²) in [5.41, 5.74) is 2.36. The zero-order chi connectivity index (χ0) is 10.3. The molecule has 0 radical (unpaired) electrons. The summed E-state index contributed by atoms with van der Waals surface area (Å²) in [5.74, 6) is 0.414. The van der Waals surface area contributed by atoms with E-state index in [0.717, 1.165) is 24.4 Å². The van der Waals surface area contributed by atoms with Crippen molar-refractivity contribution >= 4 is 5.57 Å². The second-order valence-corrected chi connectivity index (χ2v) is 4.29. The smallest absolute Gasteiger partial charge is 0.212 e. The summed E-state index contributed by atoms with van der Waals surface area (Å²) in [6.45, 7) is 1.15. The Morgan fingerprint density at radius 1 is 1.40 bits per heavy atom. The molecule has 15 heavy (non-hydrogen) atoms. The average Bonchev–Trinajstić information content (AvgIpc) is 2.22. The number of fused-ring (bicyclic) bond motifs is 1. The summed E-state index contributed by atoms with van der Waals surface area (Å²) in [5, 5.41) is 3.39. The number of hydrogen-bond donors (Lipinski definition) is 1. The predicted molar refractivity (Wildman–Crippen MR) is 56.7 cm³/mol. The van der Waals surface area contributed by atoms with Gasteiger partial charge in [-0.25, -0.2) is 4.98 Å². The van der Waals surface area contributed by atoms with Crippen molar-refractivity contribution in [2.24, 2.45) is 5.92 Å². The number of hydrogen-bond acceptors (Lipinski definition) is 2. The van der Waals surface area contributed by atoms with Crippen molar-refractivity contribution in [2.75, 3.05) is 6.54 Å². The van der Waals surface area contributed by atoms with Gasteiger partial charge in [0, 0.05) is 18.8 Å². The van der Waals surface area contributed by atoms with Gasteiger partial charge in [0.15, 0.2) is 0 Å². The fraction of sp³-hybridized carbons (Fsp3) is 0.417. The number of aromatic nitrogens is 1. The van der Waals surface area contributed by atoms with E-state index >= 15 is 0 Å². The largest absolute Gasteiger partial charge is 0.310 e. The molecule has 1 fully saturated rings. The molecular formula is C12H13FN2. The fourth-order valence-electron chi connectivity index (χ4n) is 2.34. The molecule has 2 aliphatic rings. The van der Waals surface area contributed by atoms with E-state index in [0.29, 0.717) is 6.04 Å². The Morgan fingerprint density at radius 3 is 2.93 bits per heavy atom. The highest BCUT2D eigenvalue weighted by Gasteiger charge is 2.31. The van der Waals surface area contributed by atoms with E-state index in [1.807, 2.05) is 6.07 Å². The van der Waals surface area contributed by atoms with Crippen LogP contribution in [-0.2, 0) is 0 Å². The van der Waals surface area contributed by atoms with Crippen molar-refractivity contribution in [3.8, 4) is 0 Å². The molecule has 0 amide bonds. The van der Waals surface area contributed by atoms with E-state index in [1.54, 1.807) is 6.20 Å². The second-order valence-electron chi connectivity index (χ2n) is 4.29. The van der Waals surface area contributed by atoms with Gasteiger partial charge in [0.25, 0.3) is 0 Å². The van der Waals surface area contributed by atoms with E-state index in [2.05, 4.69) is 16.4 Å². The lowest BCUT2D eigenvalue weighted by Crippen LogP contribution is -2.52. The molecule has 0 aromatic carbocycles. The summed E-state index contributed by atoms with van der Waals surface area (Å²) in [6.07, 6.45) is 6.23. The highest BCUT2D eigenvalue weighted by Crippen LogP contribution is 2.33. The van der Waals surface area contributed by atoms with Crippen LogP contribution in [0.15, 0.2) is 24.4 Å². The average molecular weight is 204 g/mol. The highest BCUT2D eigenvalue weighted by atomic mass is 19.1. The highest BCUT2D eigenvalue weighted by molar-refractivity contribution is 5.66. The molecule has 0 saturated carbocycles. The molecule has 0 bridgehead atoms. The van der Waals surface area contributed by atoms with Gasteiger partial charge < -0.3 is 5.32 Å². The Morgan fingerprint density at radius 2 is 2.33 bits per heavy atom. The number of pyridine rings is 1. The predicted octanol–water partition coefficient (Wildman–Crippen LogP) is 1.99. The van der Waals surface area contributed by atoms with Crippen LogP contribution in [0.4, 0.5) is 4.39 Å². The molecule has 1 aromatic heterocycles. The van der Waals surface area contributed by atoms with Gasteiger partial charge >= 0.3 is 0 Å². The molecule has 1 saturated heterocycles. The van der Waals surface area contributed by atoms with E-state index in [4.69, 9.17) is 0 Å². The van der Waals surface area contributed by atoms with Gasteiger partial charge in [0.1, 0.15) is 0 Å². The number of allylic oxidation sites excluding steroid dienone is 1. The van der Waals surface area contributed by atoms with Gasteiger partial charge in [-0.1, -0.05) is 6.08 Å². The van der Waals surface area contributed by atoms with Gasteiger partial charge in [-0.3, -0.25) is 0 Å². The molecular weight excluding hydrogens is 191 g/mol. The van der Waals surface area contributed by atoms with Crippen LogP contribution in [0.25, 0.3) is 5.57 Å². The van der Waals surface area contributed by atoms with Crippen LogP contribution in [0.3, 0.4) is 0 Å². The van der Waals surface area contributed by atoms with Crippen LogP contribution in [0.5, 0.6) is 0 Å². The minimum absolute atomic E-state index is 0.408. The van der Waals surface area contributed by atoms with E-state index < -0.39 is 5.95 Å².